The molecule has 2 bridgehead atoms. The fraction of sp³-hybridized carbons (Fsp3) is 0.357. The Bertz CT molecular complexity index is 1550. The summed E-state index contributed by atoms with van der Waals surface area (Å²) in [5.74, 6) is -2.40. The minimum atomic E-state index is -0.472. The van der Waals surface area contributed by atoms with Crippen molar-refractivity contribution in [3.8, 4) is 0 Å². The summed E-state index contributed by atoms with van der Waals surface area (Å²) in [6.07, 6.45) is 0.759. The Balaban J connectivity index is 1.20. The maximum Gasteiger partial charge on any atom is 0.305 e. The van der Waals surface area contributed by atoms with Gasteiger partial charge < -0.3 is 10.3 Å². The second-order valence-electron chi connectivity index (χ2n) is 10.6. The molecule has 194 valence electrons. The molecule has 1 saturated heterocycles. The van der Waals surface area contributed by atoms with Crippen LogP contribution in [0.15, 0.2) is 58.4 Å². The third kappa shape index (κ3) is 3.46. The normalized spacial score (nSPS) is 30.8. The Morgan fingerprint density at radius 1 is 1.05 bits per heavy atom. The van der Waals surface area contributed by atoms with Crippen molar-refractivity contribution in [2.75, 3.05) is 11.9 Å². The zero-order valence-electron chi connectivity index (χ0n) is 20.3. The monoisotopic (exact) mass is 549 g/mol. The topological polar surface area (TPSA) is 99.3 Å². The molecule has 0 radical (unpaired) electrons. The summed E-state index contributed by atoms with van der Waals surface area (Å²) in [6.45, 7) is 1.58. The zero-order valence-corrected chi connectivity index (χ0v) is 22.0. The van der Waals surface area contributed by atoms with Crippen LogP contribution >= 0.6 is 23.1 Å². The summed E-state index contributed by atoms with van der Waals surface area (Å²) in [6, 6.07) is 13.7. The molecule has 2 aliphatic carbocycles. The van der Waals surface area contributed by atoms with Crippen molar-refractivity contribution in [2.45, 2.75) is 29.5 Å². The van der Waals surface area contributed by atoms with Crippen molar-refractivity contribution in [3.63, 3.8) is 0 Å². The second-order valence-corrected chi connectivity index (χ2v) is 12.8. The molecule has 7 nitrogen and oxygen atoms in total. The first-order valence-corrected chi connectivity index (χ1v) is 14.4. The van der Waals surface area contributed by atoms with Crippen LogP contribution < -0.4 is 10.2 Å². The number of para-hydroxylation sites is 1. The van der Waals surface area contributed by atoms with E-state index in [0.717, 1.165) is 32.4 Å². The summed E-state index contributed by atoms with van der Waals surface area (Å²) in [7, 11) is 0. The average Bonchev–Trinajstić information content (AvgIpc) is 3.62. The van der Waals surface area contributed by atoms with Gasteiger partial charge in [0.25, 0.3) is 0 Å². The fourth-order valence-electron chi connectivity index (χ4n) is 7.32. The molecule has 38 heavy (non-hydrogen) atoms. The number of hydrogen-bond donors (Lipinski definition) is 2. The number of thiazole rings is 1. The number of imide groups is 1. The third-order valence-corrected chi connectivity index (χ3v) is 11.4. The highest BCUT2D eigenvalue weighted by molar-refractivity contribution is 8.00. The number of nitrogens with one attached hydrogen (secondary N) is 2. The van der Waals surface area contributed by atoms with Gasteiger partial charge in [-0.05, 0) is 60.4 Å². The van der Waals surface area contributed by atoms with Crippen LogP contribution in [0.25, 0.3) is 0 Å². The molecule has 2 aromatic carbocycles. The predicted molar refractivity (Wildman–Crippen MR) is 141 cm³/mol. The van der Waals surface area contributed by atoms with Crippen LogP contribution in [0.1, 0.15) is 28.3 Å². The van der Waals surface area contributed by atoms with Crippen molar-refractivity contribution >= 4 is 46.5 Å². The number of halogens is 1. The first-order valence-electron chi connectivity index (χ1n) is 12.7. The van der Waals surface area contributed by atoms with Crippen LogP contribution in [0.4, 0.5) is 10.1 Å². The number of aryl methyl sites for hydroxylation is 1. The van der Waals surface area contributed by atoms with E-state index in [2.05, 4.69) is 10.3 Å². The predicted octanol–water partition coefficient (Wildman–Crippen LogP) is 4.00. The molecule has 3 fully saturated rings. The molecule has 3 aromatic rings. The molecule has 7 rings (SSSR count). The van der Waals surface area contributed by atoms with Gasteiger partial charge in [0, 0.05) is 21.7 Å². The maximum atomic E-state index is 13.8. The molecular formula is C28H24FN3O4S2. The standard InChI is InChI=1S/C28H24FN3O4S2/c1-12-4-2-3-5-17(12)30-18(33)11-32-26(34)21-15-10-16(22(21)27(32)35)23-20(15)19(13-6-8-14(29)9-7-13)24-25(37-23)31-28(36)38-24/h2-9,15-16,19-23H,10-11H2,1H3,(H,30,33)(H,31,36)/t15?,16?,19-,20?,21?,22?,23?/m1/s1. The first-order chi connectivity index (χ1) is 18.3. The Morgan fingerprint density at radius 3 is 2.50 bits per heavy atom. The summed E-state index contributed by atoms with van der Waals surface area (Å²) in [4.78, 5) is 57.3. The lowest BCUT2D eigenvalue weighted by atomic mass is 9.68. The van der Waals surface area contributed by atoms with Gasteiger partial charge in [-0.25, -0.2) is 4.39 Å². The van der Waals surface area contributed by atoms with Gasteiger partial charge in [0.1, 0.15) is 12.4 Å². The third-order valence-electron chi connectivity index (χ3n) is 8.77. The molecule has 3 heterocycles. The minimum Gasteiger partial charge on any atom is -0.324 e. The molecule has 2 aliphatic heterocycles. The number of carbonyl (C=O) groups excluding carboxylic acids is 3. The van der Waals surface area contributed by atoms with Gasteiger partial charge in [-0.3, -0.25) is 24.1 Å². The number of thioether (sulfide) groups is 1. The van der Waals surface area contributed by atoms with E-state index in [1.165, 1.54) is 23.5 Å². The van der Waals surface area contributed by atoms with Gasteiger partial charge in [-0.2, -0.15) is 0 Å². The molecular weight excluding hydrogens is 525 g/mol. The van der Waals surface area contributed by atoms with Gasteiger partial charge >= 0.3 is 4.87 Å². The molecule has 1 aromatic heterocycles. The molecule has 2 saturated carbocycles. The van der Waals surface area contributed by atoms with Crippen molar-refractivity contribution in [1.29, 1.82) is 0 Å². The van der Waals surface area contributed by atoms with E-state index in [9.17, 15) is 23.6 Å². The highest BCUT2D eigenvalue weighted by Gasteiger charge is 2.69. The quantitative estimate of drug-likeness (QED) is 0.480. The van der Waals surface area contributed by atoms with Gasteiger partial charge in [0.15, 0.2) is 0 Å². The Morgan fingerprint density at radius 2 is 1.76 bits per heavy atom. The molecule has 4 aliphatic rings. The molecule has 2 N–H and O–H groups in total. The number of likely N-dealkylation sites (tertiary alicyclic amines) is 1. The number of rotatable bonds is 4. The number of benzene rings is 2. The lowest BCUT2D eigenvalue weighted by molar-refractivity contribution is -0.143. The van der Waals surface area contributed by atoms with Crippen LogP contribution in [0.2, 0.25) is 0 Å². The van der Waals surface area contributed by atoms with E-state index >= 15 is 0 Å². The number of anilines is 1. The van der Waals surface area contributed by atoms with Crippen LogP contribution in [0.5, 0.6) is 0 Å². The lowest BCUT2D eigenvalue weighted by Crippen LogP contribution is -2.42. The Labute approximate surface area is 225 Å². The zero-order chi connectivity index (χ0) is 26.3. The molecule has 10 heteroatoms. The summed E-state index contributed by atoms with van der Waals surface area (Å²) in [5, 5.41) is 3.69. The number of carbonyl (C=O) groups is 3. The van der Waals surface area contributed by atoms with E-state index in [1.807, 2.05) is 25.1 Å². The van der Waals surface area contributed by atoms with Crippen molar-refractivity contribution < 1.29 is 18.8 Å². The molecule has 6 unspecified atom stereocenters. The van der Waals surface area contributed by atoms with E-state index < -0.39 is 17.7 Å². The lowest BCUT2D eigenvalue weighted by Gasteiger charge is -2.43. The van der Waals surface area contributed by atoms with Crippen molar-refractivity contribution in [3.05, 3.63) is 80.0 Å². The van der Waals surface area contributed by atoms with Gasteiger partial charge in [0.2, 0.25) is 17.7 Å². The van der Waals surface area contributed by atoms with Crippen LogP contribution in [-0.4, -0.2) is 39.4 Å². The number of aromatic nitrogens is 1. The molecule has 0 spiro atoms. The van der Waals surface area contributed by atoms with E-state index in [4.69, 9.17) is 0 Å². The second kappa shape index (κ2) is 8.64. The van der Waals surface area contributed by atoms with Crippen LogP contribution in [-0.2, 0) is 14.4 Å². The largest absolute Gasteiger partial charge is 0.324 e. The van der Waals surface area contributed by atoms with Gasteiger partial charge in [-0.15, -0.1) is 11.8 Å². The number of nitrogens with zero attached hydrogens (tertiary/aromatic N) is 1. The van der Waals surface area contributed by atoms with Crippen molar-refractivity contribution in [1.82, 2.24) is 9.88 Å². The smallest absolute Gasteiger partial charge is 0.305 e. The SMILES string of the molecule is Cc1ccccc1NC(=O)CN1C(=O)C2C3CC(C2C1=O)C1C3Sc2[nH]c(=O)sc2[C@@H]1c1ccc(F)cc1. The minimum absolute atomic E-state index is 0.0274. The van der Waals surface area contributed by atoms with Crippen LogP contribution in [0, 0.1) is 42.3 Å². The number of fused-ring (bicyclic) bond motifs is 9. The number of hydrogen-bond acceptors (Lipinski definition) is 6. The molecule has 3 amide bonds. The number of aromatic amines is 1. The highest BCUT2D eigenvalue weighted by atomic mass is 32.2. The maximum absolute atomic E-state index is 13.8. The average molecular weight is 550 g/mol. The fourth-order valence-corrected chi connectivity index (χ4v) is 10.2. The van der Waals surface area contributed by atoms with E-state index in [1.54, 1.807) is 30.0 Å². The summed E-state index contributed by atoms with van der Waals surface area (Å²) >= 11 is 2.77. The molecule has 7 atom stereocenters. The Kier molecular flexibility index (Phi) is 5.42. The summed E-state index contributed by atoms with van der Waals surface area (Å²) < 4.78 is 13.8. The number of amides is 3. The van der Waals surface area contributed by atoms with Crippen LogP contribution in [0.3, 0.4) is 0 Å². The first kappa shape index (κ1) is 23.8. The summed E-state index contributed by atoms with van der Waals surface area (Å²) in [5.41, 5.74) is 2.46. The van der Waals surface area contributed by atoms with Crippen molar-refractivity contribution in [2.24, 2.45) is 29.6 Å². The number of H-pyrrole nitrogens is 1. The van der Waals surface area contributed by atoms with Gasteiger partial charge in [0.05, 0.1) is 16.9 Å². The van der Waals surface area contributed by atoms with E-state index in [0.29, 0.717) is 5.69 Å². The van der Waals surface area contributed by atoms with E-state index in [-0.39, 0.29) is 58.0 Å². The van der Waals surface area contributed by atoms with Gasteiger partial charge in [-0.1, -0.05) is 41.7 Å². The highest BCUT2D eigenvalue weighted by Crippen LogP contribution is 2.68. The Hall–Kier alpha value is -3.24.